The van der Waals surface area contributed by atoms with E-state index in [1.54, 1.807) is 25.1 Å². The van der Waals surface area contributed by atoms with Crippen LogP contribution in [0.15, 0.2) is 58.2 Å². The second kappa shape index (κ2) is 9.76. The largest absolute Gasteiger partial charge is 0.284 e. The summed E-state index contributed by atoms with van der Waals surface area (Å²) in [6.07, 6.45) is 7.17. The maximum Gasteiger partial charge on any atom is 0.260 e. The lowest BCUT2D eigenvalue weighted by Crippen LogP contribution is -2.43. The van der Waals surface area contributed by atoms with Crippen molar-refractivity contribution in [3.63, 3.8) is 0 Å². The second-order valence-electron chi connectivity index (χ2n) is 9.33. The van der Waals surface area contributed by atoms with Gasteiger partial charge in [0.25, 0.3) is 15.9 Å². The smallest absolute Gasteiger partial charge is 0.260 e. The van der Waals surface area contributed by atoms with E-state index in [1.807, 2.05) is 30.7 Å². The molecule has 1 fully saturated rings. The number of carbonyl (C=O) groups is 1. The average Bonchev–Trinajstić information content (AvgIpc) is 3.34. The zero-order valence-electron chi connectivity index (χ0n) is 19.4. The number of aromatic nitrogens is 2. The first-order valence-corrected chi connectivity index (χ1v) is 14.6. The zero-order chi connectivity index (χ0) is 25.7. The lowest BCUT2D eigenvalue weighted by Gasteiger charge is -2.28. The van der Waals surface area contributed by atoms with Crippen LogP contribution >= 0.6 is 39.1 Å². The minimum atomic E-state index is -3.98. The molecule has 2 aliphatic rings. The van der Waals surface area contributed by atoms with Crippen molar-refractivity contribution in [2.75, 3.05) is 4.90 Å². The fraction of sp³-hybridized carbons (Fsp3) is 0.320. The SMILES string of the molecule is C[C@@]1(Cc2ccc(Br)cc2)C(=O)N(c2cc(Cl)cc(Cl)c2)c2ncc(S(=O)(=O)NC3[CH]CCCC3)n21. The summed E-state index contributed by atoms with van der Waals surface area (Å²) in [7, 11) is -3.98. The van der Waals surface area contributed by atoms with Gasteiger partial charge in [-0.05, 0) is 62.1 Å². The quantitative estimate of drug-likeness (QED) is 0.370. The summed E-state index contributed by atoms with van der Waals surface area (Å²) in [4.78, 5) is 19.9. The second-order valence-corrected chi connectivity index (χ2v) is 12.8. The van der Waals surface area contributed by atoms with Crippen LogP contribution in [0.5, 0.6) is 0 Å². The van der Waals surface area contributed by atoms with Gasteiger partial charge in [-0.25, -0.2) is 23.0 Å². The molecule has 1 radical (unpaired) electrons. The molecular formula is C25H24BrCl2N4O3S. The first-order valence-electron chi connectivity index (χ1n) is 11.6. The van der Waals surface area contributed by atoms with Crippen molar-refractivity contribution in [2.24, 2.45) is 0 Å². The third-order valence-corrected chi connectivity index (χ3v) is 9.05. The van der Waals surface area contributed by atoms with Crippen molar-refractivity contribution in [3.05, 3.63) is 75.2 Å². The minimum Gasteiger partial charge on any atom is -0.284 e. The van der Waals surface area contributed by atoms with Crippen LogP contribution in [0.4, 0.5) is 11.6 Å². The number of hydrogen-bond donors (Lipinski definition) is 1. The van der Waals surface area contributed by atoms with Crippen molar-refractivity contribution in [2.45, 2.75) is 55.6 Å². The molecule has 11 heteroatoms. The lowest BCUT2D eigenvalue weighted by atomic mass is 9.92. The molecule has 2 atom stereocenters. The predicted octanol–water partition coefficient (Wildman–Crippen LogP) is 6.01. The van der Waals surface area contributed by atoms with Crippen molar-refractivity contribution < 1.29 is 13.2 Å². The van der Waals surface area contributed by atoms with Gasteiger partial charge in [0, 0.05) is 27.0 Å². The highest BCUT2D eigenvalue weighted by Gasteiger charge is 2.52. The van der Waals surface area contributed by atoms with E-state index < -0.39 is 15.6 Å². The van der Waals surface area contributed by atoms with Gasteiger partial charge in [-0.1, -0.05) is 64.1 Å². The van der Waals surface area contributed by atoms with Crippen molar-refractivity contribution in [1.29, 1.82) is 0 Å². The number of fused-ring (bicyclic) bond motifs is 1. The molecule has 1 N–H and O–H groups in total. The molecule has 36 heavy (non-hydrogen) atoms. The van der Waals surface area contributed by atoms with Crippen LogP contribution in [-0.2, 0) is 26.8 Å². The number of amides is 1. The highest BCUT2D eigenvalue weighted by molar-refractivity contribution is 9.10. The first kappa shape index (κ1) is 25.7. The van der Waals surface area contributed by atoms with Crippen molar-refractivity contribution >= 4 is 66.7 Å². The maximum atomic E-state index is 14.1. The Morgan fingerprint density at radius 3 is 2.47 bits per heavy atom. The van der Waals surface area contributed by atoms with Crippen LogP contribution < -0.4 is 9.62 Å². The van der Waals surface area contributed by atoms with Gasteiger partial charge in [0.2, 0.25) is 5.95 Å². The van der Waals surface area contributed by atoms with Gasteiger partial charge in [-0.15, -0.1) is 0 Å². The molecule has 1 saturated carbocycles. The van der Waals surface area contributed by atoms with Gasteiger partial charge in [0.15, 0.2) is 5.03 Å². The number of carbonyl (C=O) groups excluding carboxylic acids is 1. The van der Waals surface area contributed by atoms with E-state index in [0.717, 1.165) is 35.7 Å². The number of sulfonamides is 1. The number of anilines is 2. The highest BCUT2D eigenvalue weighted by atomic mass is 79.9. The summed E-state index contributed by atoms with van der Waals surface area (Å²) in [6.45, 7) is 1.74. The summed E-state index contributed by atoms with van der Waals surface area (Å²) >= 11 is 15.9. The molecule has 189 valence electrons. The molecule has 7 nitrogen and oxygen atoms in total. The summed E-state index contributed by atoms with van der Waals surface area (Å²) in [5, 5.41) is 0.652. The van der Waals surface area contributed by atoms with Crippen LogP contribution in [0.1, 0.15) is 38.2 Å². The molecule has 1 aliphatic heterocycles. The molecule has 1 amide bonds. The number of rotatable bonds is 6. The molecule has 5 rings (SSSR count). The Labute approximate surface area is 229 Å². The molecule has 0 saturated heterocycles. The molecule has 1 aromatic heterocycles. The Hall–Kier alpha value is -1.91. The van der Waals surface area contributed by atoms with Crippen LogP contribution in [0.2, 0.25) is 10.0 Å². The number of nitrogens with one attached hydrogen (secondary N) is 1. The molecule has 1 unspecified atom stereocenters. The van der Waals surface area contributed by atoms with E-state index in [1.165, 1.54) is 15.7 Å². The monoisotopic (exact) mass is 609 g/mol. The third kappa shape index (κ3) is 4.72. The predicted molar refractivity (Wildman–Crippen MR) is 144 cm³/mol. The number of imidazole rings is 1. The Kier molecular flexibility index (Phi) is 6.97. The maximum absolute atomic E-state index is 14.1. The van der Waals surface area contributed by atoms with Gasteiger partial charge in [-0.3, -0.25) is 9.36 Å². The van der Waals surface area contributed by atoms with E-state index in [4.69, 9.17) is 23.2 Å². The van der Waals surface area contributed by atoms with Crippen LogP contribution in [-0.4, -0.2) is 29.9 Å². The van der Waals surface area contributed by atoms with E-state index in [2.05, 4.69) is 25.6 Å². The minimum absolute atomic E-state index is 0.0555. The van der Waals surface area contributed by atoms with Gasteiger partial charge in [-0.2, -0.15) is 0 Å². The summed E-state index contributed by atoms with van der Waals surface area (Å²) in [5.41, 5.74) is 0.0208. The average molecular weight is 611 g/mol. The van der Waals surface area contributed by atoms with Crippen LogP contribution in [0.3, 0.4) is 0 Å². The van der Waals surface area contributed by atoms with Gasteiger partial charge >= 0.3 is 0 Å². The van der Waals surface area contributed by atoms with Crippen LogP contribution in [0, 0.1) is 6.42 Å². The summed E-state index contributed by atoms with van der Waals surface area (Å²) in [6, 6.07) is 12.1. The summed E-state index contributed by atoms with van der Waals surface area (Å²) < 4.78 is 32.4. The van der Waals surface area contributed by atoms with Gasteiger partial charge < -0.3 is 0 Å². The third-order valence-electron chi connectivity index (χ3n) is 6.64. The molecule has 2 aromatic carbocycles. The van der Waals surface area contributed by atoms with Crippen LogP contribution in [0.25, 0.3) is 0 Å². The fourth-order valence-electron chi connectivity index (χ4n) is 4.93. The van der Waals surface area contributed by atoms with E-state index in [-0.39, 0.29) is 29.3 Å². The Morgan fingerprint density at radius 1 is 1.14 bits per heavy atom. The number of nitrogens with zero attached hydrogens (tertiary/aromatic N) is 3. The Bertz CT molecular complexity index is 1400. The molecule has 1 aliphatic carbocycles. The first-order chi connectivity index (χ1) is 17.1. The normalized spacial score (nSPS) is 20.7. The molecule has 2 heterocycles. The van der Waals surface area contributed by atoms with Gasteiger partial charge in [0.05, 0.1) is 11.9 Å². The molecular weight excluding hydrogens is 587 g/mol. The van der Waals surface area contributed by atoms with Crippen molar-refractivity contribution in [1.82, 2.24) is 14.3 Å². The van der Waals surface area contributed by atoms with Crippen molar-refractivity contribution in [3.8, 4) is 0 Å². The standard InChI is InChI=1S/C25H24BrCl2N4O3S/c1-25(14-16-7-9-17(26)10-8-16)23(33)31(21-12-18(27)11-19(28)13-21)24-29-15-22(32(24)25)36(34,35)30-20-5-3-2-4-6-20/h5,7-13,15,20,30H,2-4,6,14H2,1H3/t20?,25-/m1/s1. The molecule has 3 aromatic rings. The number of benzene rings is 2. The van der Waals surface area contributed by atoms with E-state index in [0.29, 0.717) is 15.7 Å². The van der Waals surface area contributed by atoms with E-state index in [9.17, 15) is 13.2 Å². The number of hydrogen-bond acceptors (Lipinski definition) is 4. The molecule has 0 bridgehead atoms. The Balaban J connectivity index is 1.63. The van der Waals surface area contributed by atoms with E-state index >= 15 is 0 Å². The zero-order valence-corrected chi connectivity index (χ0v) is 23.3. The highest BCUT2D eigenvalue weighted by Crippen LogP contribution is 2.44. The summed E-state index contributed by atoms with van der Waals surface area (Å²) in [5.74, 6) is -0.126. The fourth-order valence-corrected chi connectivity index (χ4v) is 7.16. The molecule has 0 spiro atoms. The van der Waals surface area contributed by atoms with Gasteiger partial charge in [0.1, 0.15) is 5.54 Å². The lowest BCUT2D eigenvalue weighted by molar-refractivity contribution is -0.124. The number of halogens is 3. The Morgan fingerprint density at radius 2 is 1.83 bits per heavy atom. The topological polar surface area (TPSA) is 84.3 Å².